The number of benzene rings is 2. The molecule has 2 rings (SSSR count). The molecule has 0 aromatic heterocycles. The number of hydrogen-bond acceptors (Lipinski definition) is 4. The molecule has 2 aromatic carbocycles. The number of aliphatic hydroxyl groups excluding tert-OH is 1. The summed E-state index contributed by atoms with van der Waals surface area (Å²) in [4.78, 5) is 0.299. The van der Waals surface area contributed by atoms with Crippen LogP contribution < -0.4 is 0 Å². The lowest BCUT2D eigenvalue weighted by molar-refractivity contribution is 0.187. The average Bonchev–Trinajstić information content (AvgIpc) is 2.55. The molecule has 0 aliphatic rings. The highest BCUT2D eigenvalue weighted by Gasteiger charge is 2.23. The van der Waals surface area contributed by atoms with Crippen molar-refractivity contribution in [1.82, 2.24) is 0 Å². The molecular formula is C18H23NO4S2. The smallest absolute Gasteiger partial charge is 0.290 e. The van der Waals surface area contributed by atoms with E-state index in [2.05, 4.69) is 3.77 Å². The first-order valence-corrected chi connectivity index (χ1v) is 11.2. The van der Waals surface area contributed by atoms with Gasteiger partial charge in [0, 0.05) is 4.90 Å². The van der Waals surface area contributed by atoms with E-state index in [1.54, 1.807) is 42.5 Å². The molecule has 136 valence electrons. The van der Waals surface area contributed by atoms with E-state index in [0.29, 0.717) is 17.7 Å². The van der Waals surface area contributed by atoms with Crippen LogP contribution in [0, 0.1) is 6.92 Å². The van der Waals surface area contributed by atoms with Crippen molar-refractivity contribution in [3.05, 3.63) is 60.2 Å². The molecule has 0 unspecified atom stereocenters. The molecule has 5 nitrogen and oxygen atoms in total. The molecule has 0 amide bonds. The van der Waals surface area contributed by atoms with E-state index in [-0.39, 0.29) is 10.6 Å². The number of hydrogen-bond donors (Lipinski definition) is 1. The summed E-state index contributed by atoms with van der Waals surface area (Å²) in [5.41, 5.74) is 0.918. The summed E-state index contributed by atoms with van der Waals surface area (Å²) >= 11 is 0. The van der Waals surface area contributed by atoms with Gasteiger partial charge >= 0.3 is 0 Å². The molecule has 2 atom stereocenters. The Morgan fingerprint density at radius 1 is 0.960 bits per heavy atom. The second-order valence-electron chi connectivity index (χ2n) is 5.93. The lowest BCUT2D eigenvalue weighted by Crippen LogP contribution is -2.22. The molecule has 25 heavy (non-hydrogen) atoms. The van der Waals surface area contributed by atoms with E-state index >= 15 is 0 Å². The standard InChI is InChI=1S/C18H23NO4S2/c1-3-7-16(20)14-24(21,17-8-5-4-6-9-17)19-25(22,23)18-12-10-15(2)11-13-18/h4-6,8-13,16,20H,3,7,14H2,1-2H3/t16-,24+/m0/s1. The number of aryl methyl sites for hydroxylation is 1. The van der Waals surface area contributed by atoms with Crippen molar-refractivity contribution in [2.75, 3.05) is 5.75 Å². The van der Waals surface area contributed by atoms with Gasteiger partial charge < -0.3 is 5.11 Å². The van der Waals surface area contributed by atoms with Crippen LogP contribution in [0.2, 0.25) is 0 Å². The fraction of sp³-hybridized carbons (Fsp3) is 0.333. The summed E-state index contributed by atoms with van der Waals surface area (Å²) in [6.45, 7) is 3.75. The van der Waals surface area contributed by atoms with Gasteiger partial charge in [0.2, 0.25) is 0 Å². The van der Waals surface area contributed by atoms with Gasteiger partial charge in [-0.3, -0.25) is 0 Å². The van der Waals surface area contributed by atoms with Gasteiger partial charge in [0.1, 0.15) is 0 Å². The third kappa shape index (κ3) is 5.14. The second kappa shape index (κ2) is 8.12. The molecule has 0 saturated carbocycles. The summed E-state index contributed by atoms with van der Waals surface area (Å²) in [5, 5.41) is 10.1. The SMILES string of the molecule is CCC[C@H](O)C[S@](=O)(=NS(=O)(=O)c1ccc(C)cc1)c1ccccc1. The van der Waals surface area contributed by atoms with Gasteiger partial charge in [0.25, 0.3) is 10.0 Å². The van der Waals surface area contributed by atoms with Gasteiger partial charge in [0.15, 0.2) is 0 Å². The van der Waals surface area contributed by atoms with Gasteiger partial charge in [-0.25, -0.2) is 4.21 Å². The van der Waals surface area contributed by atoms with E-state index in [1.165, 1.54) is 12.1 Å². The summed E-state index contributed by atoms with van der Waals surface area (Å²) in [6, 6.07) is 14.5. The van der Waals surface area contributed by atoms with Gasteiger partial charge in [-0.15, -0.1) is 3.77 Å². The highest BCUT2D eigenvalue weighted by atomic mass is 32.3. The van der Waals surface area contributed by atoms with Crippen LogP contribution in [-0.2, 0) is 19.8 Å². The molecular weight excluding hydrogens is 358 g/mol. The molecule has 0 spiro atoms. The zero-order chi connectivity index (χ0) is 18.5. The Kier molecular flexibility index (Phi) is 6.37. The predicted molar refractivity (Wildman–Crippen MR) is 99.4 cm³/mol. The van der Waals surface area contributed by atoms with E-state index < -0.39 is 25.9 Å². The molecule has 0 fully saturated rings. The van der Waals surface area contributed by atoms with Crippen molar-refractivity contribution >= 4 is 19.8 Å². The second-order valence-corrected chi connectivity index (χ2v) is 10.0. The fourth-order valence-electron chi connectivity index (χ4n) is 2.39. The van der Waals surface area contributed by atoms with Crippen molar-refractivity contribution in [3.8, 4) is 0 Å². The van der Waals surface area contributed by atoms with Crippen LogP contribution in [0.5, 0.6) is 0 Å². The monoisotopic (exact) mass is 381 g/mol. The summed E-state index contributed by atoms with van der Waals surface area (Å²) in [5.74, 6) is -0.212. The van der Waals surface area contributed by atoms with Crippen molar-refractivity contribution in [1.29, 1.82) is 0 Å². The third-order valence-corrected chi connectivity index (χ3v) is 8.15. The lowest BCUT2D eigenvalue weighted by Gasteiger charge is -2.15. The Hall–Kier alpha value is -1.70. The first kappa shape index (κ1) is 19.6. The van der Waals surface area contributed by atoms with Crippen molar-refractivity contribution in [2.24, 2.45) is 3.77 Å². The van der Waals surface area contributed by atoms with Crippen LogP contribution in [0.4, 0.5) is 0 Å². The maximum atomic E-state index is 13.4. The zero-order valence-corrected chi connectivity index (χ0v) is 16.0. The molecule has 1 N–H and O–H groups in total. The number of nitrogens with zero attached hydrogens (tertiary/aromatic N) is 1. The summed E-state index contributed by atoms with van der Waals surface area (Å²) in [6.07, 6.45) is 0.259. The van der Waals surface area contributed by atoms with Crippen molar-refractivity contribution < 1.29 is 17.7 Å². The fourth-order valence-corrected chi connectivity index (χ4v) is 6.54. The maximum Gasteiger partial charge on any atom is 0.290 e. The minimum atomic E-state index is -4.10. The molecule has 2 aromatic rings. The largest absolute Gasteiger partial charge is 0.392 e. The van der Waals surface area contributed by atoms with E-state index in [4.69, 9.17) is 0 Å². The molecule has 0 saturated heterocycles. The molecule has 0 bridgehead atoms. The van der Waals surface area contributed by atoms with Gasteiger partial charge in [-0.2, -0.15) is 8.42 Å². The molecule has 0 aliphatic heterocycles. The normalized spacial score (nSPS) is 15.3. The summed E-state index contributed by atoms with van der Waals surface area (Å²) < 4.78 is 42.5. The third-order valence-electron chi connectivity index (χ3n) is 3.69. The van der Waals surface area contributed by atoms with Gasteiger partial charge in [-0.1, -0.05) is 49.2 Å². The van der Waals surface area contributed by atoms with Crippen LogP contribution in [0.3, 0.4) is 0 Å². The van der Waals surface area contributed by atoms with Gasteiger partial charge in [0.05, 0.1) is 26.5 Å². The first-order valence-electron chi connectivity index (χ1n) is 8.08. The van der Waals surface area contributed by atoms with Crippen LogP contribution in [0.25, 0.3) is 0 Å². The van der Waals surface area contributed by atoms with Crippen LogP contribution in [0.1, 0.15) is 25.3 Å². The summed E-state index contributed by atoms with van der Waals surface area (Å²) in [7, 11) is -7.42. The zero-order valence-electron chi connectivity index (χ0n) is 14.3. The molecule has 0 heterocycles. The Balaban J connectivity index is 2.56. The highest BCUT2D eigenvalue weighted by Crippen LogP contribution is 2.22. The van der Waals surface area contributed by atoms with Crippen LogP contribution in [0.15, 0.2) is 68.2 Å². The quantitative estimate of drug-likeness (QED) is 0.797. The van der Waals surface area contributed by atoms with Gasteiger partial charge in [-0.05, 0) is 37.6 Å². The lowest BCUT2D eigenvalue weighted by atomic mass is 10.2. The van der Waals surface area contributed by atoms with Crippen molar-refractivity contribution in [3.63, 3.8) is 0 Å². The van der Waals surface area contributed by atoms with E-state index in [1.807, 2.05) is 13.8 Å². The Bertz CT molecular complexity index is 913. The topological polar surface area (TPSA) is 83.8 Å². The van der Waals surface area contributed by atoms with Crippen molar-refractivity contribution in [2.45, 2.75) is 42.6 Å². The number of sulfonamides is 1. The molecule has 0 radical (unpaired) electrons. The Morgan fingerprint density at radius 2 is 1.56 bits per heavy atom. The molecule has 0 aliphatic carbocycles. The maximum absolute atomic E-state index is 13.4. The average molecular weight is 382 g/mol. The Morgan fingerprint density at radius 3 is 2.12 bits per heavy atom. The van der Waals surface area contributed by atoms with E-state index in [9.17, 15) is 17.7 Å². The predicted octanol–water partition coefficient (Wildman–Crippen LogP) is 3.37. The number of aliphatic hydroxyl groups is 1. The first-order chi connectivity index (χ1) is 11.8. The highest BCUT2D eigenvalue weighted by molar-refractivity contribution is 8.03. The van der Waals surface area contributed by atoms with Crippen LogP contribution in [-0.4, -0.2) is 29.6 Å². The van der Waals surface area contributed by atoms with Crippen LogP contribution >= 0.6 is 0 Å². The van der Waals surface area contributed by atoms with E-state index in [0.717, 1.165) is 5.56 Å². The minimum absolute atomic E-state index is 0.00765. The minimum Gasteiger partial charge on any atom is -0.392 e. The Labute approximate surface area is 150 Å². The molecule has 7 heteroatoms. The number of rotatable bonds is 7.